The molecule has 0 aliphatic carbocycles. The highest BCUT2D eigenvalue weighted by Crippen LogP contribution is 2.36. The Labute approximate surface area is 162 Å². The molecule has 0 radical (unpaired) electrons. The van der Waals surface area contributed by atoms with Gasteiger partial charge in [0, 0.05) is 18.4 Å². The molecule has 3 nitrogen and oxygen atoms in total. The summed E-state index contributed by atoms with van der Waals surface area (Å²) in [4.78, 5) is 0. The van der Waals surface area contributed by atoms with Gasteiger partial charge in [-0.15, -0.1) is 0 Å². The summed E-state index contributed by atoms with van der Waals surface area (Å²) in [5.41, 5.74) is -3.01. The Balaban J connectivity index is 2.03. The molecule has 9 heteroatoms. The molecule has 2 aromatic rings. The third-order valence-corrected chi connectivity index (χ3v) is 4.54. The fourth-order valence-corrected chi connectivity index (χ4v) is 3.14. The molecule has 0 bridgehead atoms. The Hall–Kier alpha value is -2.84. The van der Waals surface area contributed by atoms with E-state index in [0.29, 0.717) is 25.0 Å². The normalized spacial score (nSPS) is 18.5. The van der Waals surface area contributed by atoms with Crippen molar-refractivity contribution >= 4 is 12.1 Å². The van der Waals surface area contributed by atoms with Crippen LogP contribution < -0.4 is 5.11 Å². The van der Waals surface area contributed by atoms with E-state index in [-0.39, 0.29) is 12.1 Å². The SMILES string of the molecule is [O-]/C(=N\[N+]1=CCCCC1c1ccccc1)c1cc(C(F)(F)F)cc(C(F)(F)F)c1. The Kier molecular flexibility index (Phi) is 5.68. The highest BCUT2D eigenvalue weighted by Gasteiger charge is 2.37. The van der Waals surface area contributed by atoms with Crippen LogP contribution in [0, 0.1) is 0 Å². The van der Waals surface area contributed by atoms with Crippen LogP contribution in [-0.2, 0) is 12.4 Å². The summed E-state index contributed by atoms with van der Waals surface area (Å²) in [7, 11) is 0. The van der Waals surface area contributed by atoms with E-state index in [2.05, 4.69) is 5.10 Å². The van der Waals surface area contributed by atoms with Crippen molar-refractivity contribution in [2.45, 2.75) is 37.7 Å². The van der Waals surface area contributed by atoms with Gasteiger partial charge in [-0.05, 0) is 35.3 Å². The molecule has 1 aliphatic heterocycles. The van der Waals surface area contributed by atoms with Crippen LogP contribution in [0.15, 0.2) is 53.6 Å². The van der Waals surface area contributed by atoms with Gasteiger partial charge in [0.05, 0.1) is 17.0 Å². The average molecular weight is 414 g/mol. The van der Waals surface area contributed by atoms with Crippen LogP contribution in [0.5, 0.6) is 0 Å². The maximum Gasteiger partial charge on any atom is 0.416 e. The second kappa shape index (κ2) is 7.88. The van der Waals surface area contributed by atoms with Gasteiger partial charge in [-0.3, -0.25) is 0 Å². The van der Waals surface area contributed by atoms with Crippen molar-refractivity contribution in [3.8, 4) is 0 Å². The molecule has 29 heavy (non-hydrogen) atoms. The van der Waals surface area contributed by atoms with Gasteiger partial charge in [-0.1, -0.05) is 35.0 Å². The predicted molar refractivity (Wildman–Crippen MR) is 92.3 cm³/mol. The van der Waals surface area contributed by atoms with Gasteiger partial charge < -0.3 is 5.11 Å². The molecule has 2 aromatic carbocycles. The van der Waals surface area contributed by atoms with Gasteiger partial charge in [-0.25, -0.2) is 0 Å². The van der Waals surface area contributed by atoms with E-state index in [1.54, 1.807) is 18.3 Å². The zero-order chi connectivity index (χ0) is 21.2. The van der Waals surface area contributed by atoms with E-state index >= 15 is 0 Å². The predicted octanol–water partition coefficient (Wildman–Crippen LogP) is 4.75. The molecule has 1 heterocycles. The van der Waals surface area contributed by atoms with Gasteiger partial charge in [0.2, 0.25) is 6.04 Å². The summed E-state index contributed by atoms with van der Waals surface area (Å²) in [6, 6.07) is 9.50. The number of halogens is 6. The van der Waals surface area contributed by atoms with Crippen molar-refractivity contribution in [1.29, 1.82) is 0 Å². The van der Waals surface area contributed by atoms with Crippen molar-refractivity contribution in [3.05, 3.63) is 70.8 Å². The lowest BCUT2D eigenvalue weighted by molar-refractivity contribution is -0.583. The van der Waals surface area contributed by atoms with Gasteiger partial charge in [0.25, 0.3) is 0 Å². The average Bonchev–Trinajstić information content (AvgIpc) is 2.67. The molecular weight excluding hydrogens is 398 g/mol. The third-order valence-electron chi connectivity index (χ3n) is 4.54. The van der Waals surface area contributed by atoms with Crippen molar-refractivity contribution in [3.63, 3.8) is 0 Å². The topological polar surface area (TPSA) is 38.4 Å². The first kappa shape index (κ1) is 20.9. The first-order valence-corrected chi connectivity index (χ1v) is 8.78. The van der Waals surface area contributed by atoms with Crippen molar-refractivity contribution in [1.82, 2.24) is 0 Å². The fraction of sp³-hybridized carbons (Fsp3) is 0.300. The molecule has 0 N–H and O–H groups in total. The first-order valence-electron chi connectivity index (χ1n) is 8.78. The minimum Gasteiger partial charge on any atom is -0.854 e. The van der Waals surface area contributed by atoms with Gasteiger partial charge in [0.1, 0.15) is 0 Å². The molecule has 154 valence electrons. The number of alkyl halides is 6. The maximum absolute atomic E-state index is 13.0. The van der Waals surface area contributed by atoms with Crippen LogP contribution in [0.4, 0.5) is 26.3 Å². The number of hydrogen-bond donors (Lipinski definition) is 0. The summed E-state index contributed by atoms with van der Waals surface area (Å²) in [5, 5.41) is 16.3. The highest BCUT2D eigenvalue weighted by molar-refractivity contribution is 5.90. The molecule has 0 saturated carbocycles. The minimum absolute atomic E-state index is 0.0173. The summed E-state index contributed by atoms with van der Waals surface area (Å²) in [6.07, 6.45) is -6.37. The van der Waals surface area contributed by atoms with Crippen molar-refractivity contribution in [2.75, 3.05) is 0 Å². The molecule has 3 rings (SSSR count). The van der Waals surface area contributed by atoms with Crippen LogP contribution in [-0.4, -0.2) is 16.8 Å². The van der Waals surface area contributed by atoms with Gasteiger partial charge in [-0.2, -0.15) is 26.3 Å². The minimum atomic E-state index is -5.03. The Morgan fingerprint density at radius 1 is 0.931 bits per heavy atom. The smallest absolute Gasteiger partial charge is 0.416 e. The van der Waals surface area contributed by atoms with Crippen LogP contribution in [0.1, 0.15) is 47.6 Å². The number of rotatable bonds is 3. The number of hydrogen-bond acceptors (Lipinski definition) is 2. The Morgan fingerprint density at radius 2 is 1.52 bits per heavy atom. The number of benzene rings is 2. The lowest BCUT2D eigenvalue weighted by atomic mass is 9.99. The zero-order valence-electron chi connectivity index (χ0n) is 15.0. The zero-order valence-corrected chi connectivity index (χ0v) is 15.0. The second-order valence-corrected chi connectivity index (χ2v) is 6.62. The van der Waals surface area contributed by atoms with Crippen LogP contribution >= 0.6 is 0 Å². The fourth-order valence-electron chi connectivity index (χ4n) is 3.14. The van der Waals surface area contributed by atoms with E-state index < -0.39 is 34.9 Å². The van der Waals surface area contributed by atoms with Gasteiger partial charge >= 0.3 is 12.4 Å². The molecule has 0 aromatic heterocycles. The van der Waals surface area contributed by atoms with E-state index in [9.17, 15) is 31.4 Å². The van der Waals surface area contributed by atoms with E-state index in [4.69, 9.17) is 0 Å². The number of nitrogens with zero attached hydrogens (tertiary/aromatic N) is 2. The molecular formula is C20H16F6N2O. The molecule has 0 amide bonds. The second-order valence-electron chi connectivity index (χ2n) is 6.62. The molecule has 1 unspecified atom stereocenters. The van der Waals surface area contributed by atoms with E-state index in [1.807, 2.05) is 18.2 Å². The Bertz CT molecular complexity index is 900. The van der Waals surface area contributed by atoms with E-state index in [0.717, 1.165) is 12.0 Å². The molecule has 1 atom stereocenters. The summed E-state index contributed by atoms with van der Waals surface area (Å²) in [6.45, 7) is 0. The molecule has 1 aliphatic rings. The monoisotopic (exact) mass is 414 g/mol. The third kappa shape index (κ3) is 4.96. The summed E-state index contributed by atoms with van der Waals surface area (Å²) >= 11 is 0. The van der Waals surface area contributed by atoms with Crippen molar-refractivity contribution < 1.29 is 36.1 Å². The summed E-state index contributed by atoms with van der Waals surface area (Å²) < 4.78 is 79.4. The lowest BCUT2D eigenvalue weighted by Crippen LogP contribution is -2.27. The highest BCUT2D eigenvalue weighted by atomic mass is 19.4. The molecule has 0 fully saturated rings. The largest absolute Gasteiger partial charge is 0.854 e. The number of hydrazone groups is 1. The summed E-state index contributed by atoms with van der Waals surface area (Å²) in [5.74, 6) is -1.17. The van der Waals surface area contributed by atoms with Crippen LogP contribution in [0.2, 0.25) is 0 Å². The van der Waals surface area contributed by atoms with Crippen molar-refractivity contribution in [2.24, 2.45) is 5.10 Å². The molecule has 0 spiro atoms. The standard InChI is InChI=1S/C20H16F6N2O/c21-19(22,23)15-10-14(11-16(12-15)20(24,25)26)18(29)27-28-9-5-4-8-17(28)13-6-2-1-3-7-13/h1-3,6-7,9-12,17H,4-5,8H2. The van der Waals surface area contributed by atoms with E-state index in [1.165, 1.54) is 4.68 Å². The van der Waals surface area contributed by atoms with Crippen LogP contribution in [0.3, 0.4) is 0 Å². The van der Waals surface area contributed by atoms with Crippen LogP contribution in [0.25, 0.3) is 0 Å². The van der Waals surface area contributed by atoms with Gasteiger partial charge in [0.15, 0.2) is 6.21 Å². The quantitative estimate of drug-likeness (QED) is 0.309. The first-order chi connectivity index (χ1) is 13.6. The molecule has 0 saturated heterocycles. The maximum atomic E-state index is 13.0. The lowest BCUT2D eigenvalue weighted by Gasteiger charge is -2.19. The Morgan fingerprint density at radius 3 is 2.07 bits per heavy atom.